The van der Waals surface area contributed by atoms with Gasteiger partial charge in [-0.3, -0.25) is 0 Å². The van der Waals surface area contributed by atoms with Crippen molar-refractivity contribution >= 4 is 10.9 Å². The van der Waals surface area contributed by atoms with Crippen LogP contribution in [0.4, 0.5) is 0 Å². The maximum absolute atomic E-state index is 3.15. The van der Waals surface area contributed by atoms with Gasteiger partial charge in [-0.15, -0.1) is 6.07 Å². The van der Waals surface area contributed by atoms with Crippen LogP contribution in [0.5, 0.6) is 0 Å². The molecule has 0 saturated carbocycles. The first kappa shape index (κ1) is 8.45. The molecule has 1 aromatic carbocycles. The Morgan fingerprint density at radius 1 is 1.27 bits per heavy atom. The molecular weight excluding hydrogens is 129 g/mol. The van der Waals surface area contributed by atoms with Gasteiger partial charge >= 0.3 is 18.9 Å². The predicted molar refractivity (Wildman–Crippen MR) is 41.8 cm³/mol. The van der Waals surface area contributed by atoms with Crippen LogP contribution in [-0.4, -0.2) is 4.57 Å². The summed E-state index contributed by atoms with van der Waals surface area (Å²) in [6.45, 7) is 0. The van der Waals surface area contributed by atoms with Crippen molar-refractivity contribution in [2.24, 2.45) is 7.05 Å². The van der Waals surface area contributed by atoms with E-state index >= 15 is 0 Å². The first-order valence-electron chi connectivity index (χ1n) is 3.30. The molecule has 0 aliphatic heterocycles. The van der Waals surface area contributed by atoms with Crippen molar-refractivity contribution in [3.63, 3.8) is 0 Å². The third-order valence-corrected chi connectivity index (χ3v) is 1.70. The van der Waals surface area contributed by atoms with Gasteiger partial charge in [-0.2, -0.15) is 17.5 Å². The van der Waals surface area contributed by atoms with E-state index in [1.165, 1.54) is 10.9 Å². The fourth-order valence-corrected chi connectivity index (χ4v) is 1.14. The molecule has 0 unspecified atom stereocenters. The molecule has 0 radical (unpaired) electrons. The van der Waals surface area contributed by atoms with Gasteiger partial charge in [0, 0.05) is 0 Å². The first-order valence-corrected chi connectivity index (χ1v) is 3.30. The molecule has 0 aliphatic rings. The first-order chi connectivity index (χ1) is 4.88. The van der Waals surface area contributed by atoms with Crippen LogP contribution in [0.15, 0.2) is 30.5 Å². The molecule has 11 heavy (non-hydrogen) atoms. The number of nitrogens with zero attached hydrogens (tertiary/aromatic N) is 1. The van der Waals surface area contributed by atoms with Gasteiger partial charge in [-0.25, -0.2) is 0 Å². The zero-order valence-corrected chi connectivity index (χ0v) is 6.83. The smallest absolute Gasteiger partial charge is 0.414 e. The maximum Gasteiger partial charge on any atom is 1.00 e. The van der Waals surface area contributed by atoms with Crippen LogP contribution in [0.3, 0.4) is 0 Å². The van der Waals surface area contributed by atoms with Crippen molar-refractivity contribution in [3.05, 3.63) is 36.5 Å². The van der Waals surface area contributed by atoms with Crippen molar-refractivity contribution in [2.45, 2.75) is 0 Å². The number of fused-ring (bicyclic) bond motifs is 1. The predicted octanol–water partition coefficient (Wildman–Crippen LogP) is -1.02. The fourth-order valence-electron chi connectivity index (χ4n) is 1.14. The minimum absolute atomic E-state index is 0. The summed E-state index contributed by atoms with van der Waals surface area (Å²) < 4.78 is 2.06. The van der Waals surface area contributed by atoms with Gasteiger partial charge in [0.15, 0.2) is 0 Å². The van der Waals surface area contributed by atoms with E-state index in [2.05, 4.69) is 22.8 Å². The maximum atomic E-state index is 3.15. The summed E-state index contributed by atoms with van der Waals surface area (Å²) in [5, 5.41) is 1.19. The quantitative estimate of drug-likeness (QED) is 0.323. The standard InChI is InChI=1S/C9H8N.Li/c1-10-7-6-8-4-2-3-5-9(8)10;/h2-5,7H,1H3;/q-1;+1. The molecule has 0 aliphatic carbocycles. The van der Waals surface area contributed by atoms with Crippen molar-refractivity contribution in [3.8, 4) is 0 Å². The number of aromatic nitrogens is 1. The van der Waals surface area contributed by atoms with Crippen LogP contribution in [0.2, 0.25) is 0 Å². The molecule has 2 rings (SSSR count). The van der Waals surface area contributed by atoms with Gasteiger partial charge in [-0.1, -0.05) is 23.8 Å². The second kappa shape index (κ2) is 3.17. The minimum Gasteiger partial charge on any atom is -0.414 e. The van der Waals surface area contributed by atoms with Gasteiger partial charge in [0.1, 0.15) is 0 Å². The van der Waals surface area contributed by atoms with E-state index in [1.54, 1.807) is 0 Å². The fraction of sp³-hybridized carbons (Fsp3) is 0.111. The van der Waals surface area contributed by atoms with Crippen LogP contribution in [0.25, 0.3) is 10.9 Å². The van der Waals surface area contributed by atoms with E-state index in [-0.39, 0.29) is 18.9 Å². The van der Waals surface area contributed by atoms with Crippen molar-refractivity contribution in [1.82, 2.24) is 4.57 Å². The Bertz CT molecular complexity index is 351. The Kier molecular flexibility index (Phi) is 2.44. The van der Waals surface area contributed by atoms with E-state index in [0.717, 1.165) is 0 Å². The van der Waals surface area contributed by atoms with E-state index in [9.17, 15) is 0 Å². The third-order valence-electron chi connectivity index (χ3n) is 1.70. The van der Waals surface area contributed by atoms with E-state index in [1.807, 2.05) is 25.4 Å². The molecule has 50 valence electrons. The normalized spacial score (nSPS) is 9.55. The van der Waals surface area contributed by atoms with Gasteiger partial charge in [0.05, 0.1) is 0 Å². The number of aryl methyl sites for hydroxylation is 1. The number of hydrogen-bond acceptors (Lipinski definition) is 0. The van der Waals surface area contributed by atoms with E-state index in [4.69, 9.17) is 0 Å². The molecule has 1 nitrogen and oxygen atoms in total. The van der Waals surface area contributed by atoms with Crippen molar-refractivity contribution in [2.75, 3.05) is 0 Å². The average molecular weight is 137 g/mol. The monoisotopic (exact) mass is 137 g/mol. The summed E-state index contributed by atoms with van der Waals surface area (Å²) in [5.41, 5.74) is 1.24. The van der Waals surface area contributed by atoms with Crippen LogP contribution < -0.4 is 18.9 Å². The molecule has 0 atom stereocenters. The number of para-hydroxylation sites is 1. The van der Waals surface area contributed by atoms with Gasteiger partial charge in [-0.05, 0) is 7.05 Å². The van der Waals surface area contributed by atoms with Crippen LogP contribution >= 0.6 is 0 Å². The summed E-state index contributed by atoms with van der Waals surface area (Å²) in [5.74, 6) is 0. The largest absolute Gasteiger partial charge is 1.00 e. The third kappa shape index (κ3) is 1.35. The van der Waals surface area contributed by atoms with Crippen molar-refractivity contribution in [1.29, 1.82) is 0 Å². The molecule has 0 bridgehead atoms. The molecule has 1 aromatic heterocycles. The van der Waals surface area contributed by atoms with Gasteiger partial charge in [0.2, 0.25) is 0 Å². The number of hydrogen-bond donors (Lipinski definition) is 0. The second-order valence-corrected chi connectivity index (χ2v) is 2.40. The Morgan fingerprint density at radius 3 is 2.73 bits per heavy atom. The SMILES string of the molecule is Cn1c[c-]c2ccccc21.[Li+]. The van der Waals surface area contributed by atoms with E-state index < -0.39 is 0 Å². The van der Waals surface area contributed by atoms with Gasteiger partial charge < -0.3 is 4.57 Å². The molecular formula is C9H8LiN. The minimum atomic E-state index is 0. The Labute approximate surface area is 78.2 Å². The molecule has 1 heterocycles. The van der Waals surface area contributed by atoms with Crippen LogP contribution in [-0.2, 0) is 7.05 Å². The summed E-state index contributed by atoms with van der Waals surface area (Å²) in [6, 6.07) is 11.4. The average Bonchev–Trinajstić information content (AvgIpc) is 2.34. The zero-order chi connectivity index (χ0) is 6.97. The van der Waals surface area contributed by atoms with Crippen molar-refractivity contribution < 1.29 is 18.9 Å². The molecule has 2 heteroatoms. The number of benzene rings is 1. The summed E-state index contributed by atoms with van der Waals surface area (Å²) in [7, 11) is 2.03. The summed E-state index contributed by atoms with van der Waals surface area (Å²) >= 11 is 0. The van der Waals surface area contributed by atoms with Gasteiger partial charge in [0.25, 0.3) is 0 Å². The molecule has 0 fully saturated rings. The van der Waals surface area contributed by atoms with E-state index in [0.29, 0.717) is 0 Å². The number of rotatable bonds is 0. The zero-order valence-electron chi connectivity index (χ0n) is 6.83. The summed E-state index contributed by atoms with van der Waals surface area (Å²) in [6.07, 6.45) is 1.95. The molecule has 0 spiro atoms. The Balaban J connectivity index is 0.000000605. The molecule has 0 saturated heterocycles. The Morgan fingerprint density at radius 2 is 2.00 bits per heavy atom. The summed E-state index contributed by atoms with van der Waals surface area (Å²) in [4.78, 5) is 0. The van der Waals surface area contributed by atoms with Crippen LogP contribution in [0, 0.1) is 6.07 Å². The Hall–Kier alpha value is -0.643. The molecule has 2 aromatic rings. The molecule has 0 N–H and O–H groups in total. The second-order valence-electron chi connectivity index (χ2n) is 2.40. The molecule has 0 amide bonds. The van der Waals surface area contributed by atoms with Crippen LogP contribution in [0.1, 0.15) is 0 Å². The topological polar surface area (TPSA) is 4.93 Å².